The fourth-order valence-corrected chi connectivity index (χ4v) is 6.25. The second-order valence-electron chi connectivity index (χ2n) is 7.24. The van der Waals surface area contributed by atoms with Crippen LogP contribution in [0.5, 0.6) is 0 Å². The molecule has 0 bridgehead atoms. The van der Waals surface area contributed by atoms with Gasteiger partial charge in [-0.25, -0.2) is 13.1 Å². The third-order valence-electron chi connectivity index (χ3n) is 5.83. The SMILES string of the molecule is O=S(=O)(N[C@@H]1CCC12CCN(Cc1cccs1)CC2)c1ccccc1. The summed E-state index contributed by atoms with van der Waals surface area (Å²) in [4.78, 5) is 4.27. The van der Waals surface area contributed by atoms with E-state index in [2.05, 4.69) is 27.1 Å². The second kappa shape index (κ2) is 6.83. The Morgan fingerprint density at radius 3 is 2.44 bits per heavy atom. The van der Waals surface area contributed by atoms with Crippen molar-refractivity contribution in [3.05, 3.63) is 52.7 Å². The number of sulfonamides is 1. The fourth-order valence-electron chi connectivity index (χ4n) is 4.11. The molecule has 134 valence electrons. The molecule has 1 saturated carbocycles. The van der Waals surface area contributed by atoms with Crippen LogP contribution in [0.4, 0.5) is 0 Å². The summed E-state index contributed by atoms with van der Waals surface area (Å²) in [6.07, 6.45) is 4.26. The molecule has 1 aliphatic heterocycles. The van der Waals surface area contributed by atoms with Crippen LogP contribution in [0.25, 0.3) is 0 Å². The van der Waals surface area contributed by atoms with Crippen LogP contribution < -0.4 is 4.72 Å². The molecule has 1 atom stereocenters. The van der Waals surface area contributed by atoms with Gasteiger partial charge in [-0.05, 0) is 67.8 Å². The van der Waals surface area contributed by atoms with Crippen LogP contribution in [0, 0.1) is 5.41 Å². The van der Waals surface area contributed by atoms with Crippen LogP contribution in [0.3, 0.4) is 0 Å². The van der Waals surface area contributed by atoms with Crippen molar-refractivity contribution < 1.29 is 8.42 Å². The first kappa shape index (κ1) is 17.2. The average Bonchev–Trinajstić information content (AvgIpc) is 3.13. The molecule has 1 aromatic heterocycles. The molecule has 4 nitrogen and oxygen atoms in total. The molecule has 0 amide bonds. The lowest BCUT2D eigenvalue weighted by Crippen LogP contribution is -2.58. The number of hydrogen-bond donors (Lipinski definition) is 1. The lowest BCUT2D eigenvalue weighted by molar-refractivity contribution is 0.000973. The van der Waals surface area contributed by atoms with Crippen molar-refractivity contribution in [3.8, 4) is 0 Å². The summed E-state index contributed by atoms with van der Waals surface area (Å²) in [5, 5.41) is 2.13. The van der Waals surface area contributed by atoms with Gasteiger partial charge in [0.15, 0.2) is 0 Å². The van der Waals surface area contributed by atoms with Crippen molar-refractivity contribution in [2.45, 2.75) is 43.2 Å². The Hall–Kier alpha value is -1.21. The highest BCUT2D eigenvalue weighted by Crippen LogP contribution is 2.49. The molecular weight excluding hydrogens is 352 g/mol. The third kappa shape index (κ3) is 3.53. The Labute approximate surface area is 153 Å². The summed E-state index contributed by atoms with van der Waals surface area (Å²) in [5.74, 6) is 0. The largest absolute Gasteiger partial charge is 0.298 e. The van der Waals surface area contributed by atoms with Gasteiger partial charge >= 0.3 is 0 Å². The topological polar surface area (TPSA) is 49.4 Å². The monoisotopic (exact) mass is 376 g/mol. The summed E-state index contributed by atoms with van der Waals surface area (Å²) in [6.45, 7) is 3.14. The van der Waals surface area contributed by atoms with Gasteiger partial charge in [-0.1, -0.05) is 24.3 Å². The van der Waals surface area contributed by atoms with Crippen LogP contribution in [-0.4, -0.2) is 32.4 Å². The number of nitrogens with one attached hydrogen (secondary N) is 1. The zero-order valence-corrected chi connectivity index (χ0v) is 15.9. The van der Waals surface area contributed by atoms with Crippen molar-refractivity contribution in [1.82, 2.24) is 9.62 Å². The van der Waals surface area contributed by atoms with E-state index < -0.39 is 10.0 Å². The first-order valence-corrected chi connectivity index (χ1v) is 11.3. The van der Waals surface area contributed by atoms with E-state index in [0.717, 1.165) is 45.3 Å². The van der Waals surface area contributed by atoms with E-state index in [1.54, 1.807) is 24.3 Å². The van der Waals surface area contributed by atoms with Crippen molar-refractivity contribution in [2.75, 3.05) is 13.1 Å². The standard InChI is InChI=1S/C19H24N2O2S2/c22-25(23,17-6-2-1-3-7-17)20-18-8-9-19(18)10-12-21(13-11-19)15-16-5-4-14-24-16/h1-7,14,18,20H,8-13,15H2/t18-/m1/s1. The second-order valence-corrected chi connectivity index (χ2v) is 9.99. The molecule has 2 fully saturated rings. The van der Waals surface area contributed by atoms with E-state index in [-0.39, 0.29) is 11.5 Å². The maximum atomic E-state index is 12.6. The number of piperidine rings is 1. The Bertz CT molecular complexity index is 795. The number of rotatable bonds is 5. The number of nitrogens with zero attached hydrogens (tertiary/aromatic N) is 1. The van der Waals surface area contributed by atoms with Gasteiger partial charge in [0.25, 0.3) is 0 Å². The summed E-state index contributed by atoms with van der Waals surface area (Å²) >= 11 is 1.81. The lowest BCUT2D eigenvalue weighted by Gasteiger charge is -2.54. The molecule has 2 heterocycles. The van der Waals surface area contributed by atoms with Gasteiger partial charge in [0.2, 0.25) is 10.0 Å². The molecule has 2 aliphatic rings. The number of hydrogen-bond acceptors (Lipinski definition) is 4. The van der Waals surface area contributed by atoms with Crippen LogP contribution in [0.2, 0.25) is 0 Å². The van der Waals surface area contributed by atoms with Gasteiger partial charge in [0, 0.05) is 17.5 Å². The number of thiophene rings is 1. The van der Waals surface area contributed by atoms with E-state index in [1.807, 2.05) is 17.4 Å². The lowest BCUT2D eigenvalue weighted by atomic mass is 9.60. The highest BCUT2D eigenvalue weighted by Gasteiger charge is 2.49. The smallest absolute Gasteiger partial charge is 0.240 e. The molecule has 6 heteroatoms. The molecule has 0 unspecified atom stereocenters. The van der Waals surface area contributed by atoms with Crippen molar-refractivity contribution in [2.24, 2.45) is 5.41 Å². The van der Waals surface area contributed by atoms with Gasteiger partial charge in [0.05, 0.1) is 4.90 Å². The van der Waals surface area contributed by atoms with Gasteiger partial charge in [-0.3, -0.25) is 4.90 Å². The molecule has 0 radical (unpaired) electrons. The summed E-state index contributed by atoms with van der Waals surface area (Å²) < 4.78 is 28.2. The Morgan fingerprint density at radius 2 is 1.84 bits per heavy atom. The van der Waals surface area contributed by atoms with Gasteiger partial charge in [0.1, 0.15) is 0 Å². The summed E-state index contributed by atoms with van der Waals surface area (Å²) in [6, 6.07) is 13.1. The zero-order valence-electron chi connectivity index (χ0n) is 14.2. The minimum atomic E-state index is -3.41. The Balaban J connectivity index is 1.38. The first-order valence-electron chi connectivity index (χ1n) is 8.90. The predicted octanol–water partition coefficient (Wildman–Crippen LogP) is 3.47. The fraction of sp³-hybridized carbons (Fsp3) is 0.474. The van der Waals surface area contributed by atoms with E-state index in [4.69, 9.17) is 0 Å². The maximum absolute atomic E-state index is 12.6. The number of likely N-dealkylation sites (tertiary alicyclic amines) is 1. The highest BCUT2D eigenvalue weighted by molar-refractivity contribution is 7.89. The molecule has 4 rings (SSSR count). The zero-order chi connectivity index (χ0) is 17.3. The normalized spacial score (nSPS) is 23.4. The van der Waals surface area contributed by atoms with Crippen molar-refractivity contribution >= 4 is 21.4 Å². The van der Waals surface area contributed by atoms with Gasteiger partial charge in [-0.15, -0.1) is 11.3 Å². The van der Waals surface area contributed by atoms with Crippen molar-refractivity contribution in [3.63, 3.8) is 0 Å². The van der Waals surface area contributed by atoms with Crippen LogP contribution in [-0.2, 0) is 16.6 Å². The average molecular weight is 377 g/mol. The Kier molecular flexibility index (Phi) is 4.71. The molecule has 1 N–H and O–H groups in total. The molecule has 1 spiro atoms. The van der Waals surface area contributed by atoms with E-state index in [1.165, 1.54) is 4.88 Å². The summed E-state index contributed by atoms with van der Waals surface area (Å²) in [7, 11) is -3.41. The van der Waals surface area contributed by atoms with E-state index in [0.29, 0.717) is 4.90 Å². The highest BCUT2D eigenvalue weighted by atomic mass is 32.2. The molecule has 1 aliphatic carbocycles. The van der Waals surface area contributed by atoms with Crippen molar-refractivity contribution in [1.29, 1.82) is 0 Å². The van der Waals surface area contributed by atoms with Gasteiger partial charge < -0.3 is 0 Å². The molecule has 1 saturated heterocycles. The molecule has 2 aromatic rings. The van der Waals surface area contributed by atoms with E-state index in [9.17, 15) is 8.42 Å². The quantitative estimate of drug-likeness (QED) is 0.869. The maximum Gasteiger partial charge on any atom is 0.240 e. The predicted molar refractivity (Wildman–Crippen MR) is 101 cm³/mol. The van der Waals surface area contributed by atoms with E-state index >= 15 is 0 Å². The summed E-state index contributed by atoms with van der Waals surface area (Å²) in [5.41, 5.74) is 0.161. The molecule has 1 aromatic carbocycles. The third-order valence-corrected chi connectivity index (χ3v) is 8.18. The minimum absolute atomic E-state index is 0.0848. The van der Waals surface area contributed by atoms with Crippen LogP contribution in [0.15, 0.2) is 52.7 Å². The first-order chi connectivity index (χ1) is 12.1. The molecule has 25 heavy (non-hydrogen) atoms. The minimum Gasteiger partial charge on any atom is -0.298 e. The van der Waals surface area contributed by atoms with Crippen LogP contribution >= 0.6 is 11.3 Å². The molecular formula is C19H24N2O2S2. The Morgan fingerprint density at radius 1 is 1.08 bits per heavy atom. The van der Waals surface area contributed by atoms with Crippen LogP contribution in [0.1, 0.15) is 30.6 Å². The van der Waals surface area contributed by atoms with Gasteiger partial charge in [-0.2, -0.15) is 0 Å². The number of benzene rings is 1.